The minimum Gasteiger partial charge on any atom is -0.462 e. The molecular weight excluding hydrogens is 937 g/mol. The Balaban J connectivity index is 4.27. The van der Waals surface area contributed by atoms with Crippen molar-refractivity contribution in [3.05, 3.63) is 97.2 Å². The van der Waals surface area contributed by atoms with Crippen LogP contribution in [0.5, 0.6) is 0 Å². The van der Waals surface area contributed by atoms with Crippen molar-refractivity contribution < 1.29 is 28.6 Å². The van der Waals surface area contributed by atoms with E-state index in [9.17, 15) is 14.4 Å². The third-order valence-corrected chi connectivity index (χ3v) is 13.8. The summed E-state index contributed by atoms with van der Waals surface area (Å²) in [5.74, 6) is -0.891. The van der Waals surface area contributed by atoms with Gasteiger partial charge >= 0.3 is 17.9 Å². The average Bonchev–Trinajstić information content (AvgIpc) is 3.42. The van der Waals surface area contributed by atoms with Gasteiger partial charge in [-0.3, -0.25) is 14.4 Å². The van der Waals surface area contributed by atoms with Crippen LogP contribution in [0, 0.1) is 0 Å². The lowest BCUT2D eigenvalue weighted by Gasteiger charge is -2.18. The molecule has 0 radical (unpaired) electrons. The van der Waals surface area contributed by atoms with Crippen LogP contribution in [-0.4, -0.2) is 37.2 Å². The Hall–Kier alpha value is -3.67. The molecule has 6 nitrogen and oxygen atoms in total. The van der Waals surface area contributed by atoms with Crippen molar-refractivity contribution in [2.45, 2.75) is 316 Å². The maximum absolute atomic E-state index is 12.9. The zero-order valence-electron chi connectivity index (χ0n) is 50.0. The summed E-state index contributed by atoms with van der Waals surface area (Å²) >= 11 is 0. The van der Waals surface area contributed by atoms with Crippen LogP contribution in [0.2, 0.25) is 0 Å². The summed E-state index contributed by atoms with van der Waals surface area (Å²) in [6.45, 7) is 6.51. The number of allylic oxidation sites excluding steroid dienone is 16. The largest absolute Gasteiger partial charge is 0.462 e. The fourth-order valence-corrected chi connectivity index (χ4v) is 8.97. The van der Waals surface area contributed by atoms with E-state index in [4.69, 9.17) is 14.2 Å². The Kier molecular flexibility index (Phi) is 60.8. The van der Waals surface area contributed by atoms with Gasteiger partial charge in [0.1, 0.15) is 13.2 Å². The van der Waals surface area contributed by atoms with Crippen LogP contribution in [0.1, 0.15) is 310 Å². The Bertz CT molecular complexity index is 1490. The molecule has 1 atom stereocenters. The van der Waals surface area contributed by atoms with Gasteiger partial charge in [-0.15, -0.1) is 0 Å². The Morgan fingerprint density at radius 3 is 0.842 bits per heavy atom. The van der Waals surface area contributed by atoms with E-state index in [0.29, 0.717) is 19.3 Å². The average molecular weight is 1060 g/mol. The predicted octanol–water partition coefficient (Wildman–Crippen LogP) is 22.0. The maximum Gasteiger partial charge on any atom is 0.306 e. The predicted molar refractivity (Wildman–Crippen MR) is 330 cm³/mol. The number of ether oxygens (including phenoxy) is 3. The highest BCUT2D eigenvalue weighted by atomic mass is 16.6. The molecule has 0 saturated heterocycles. The van der Waals surface area contributed by atoms with Crippen LogP contribution in [0.15, 0.2) is 97.2 Å². The molecule has 0 aliphatic rings. The Labute approximate surface area is 470 Å². The number of hydrogen-bond acceptors (Lipinski definition) is 6. The third kappa shape index (κ3) is 61.2. The lowest BCUT2D eigenvalue weighted by atomic mass is 10.1. The van der Waals surface area contributed by atoms with E-state index >= 15 is 0 Å². The van der Waals surface area contributed by atoms with E-state index in [2.05, 4.69) is 118 Å². The van der Waals surface area contributed by atoms with Gasteiger partial charge < -0.3 is 14.2 Å². The molecule has 6 heteroatoms. The van der Waals surface area contributed by atoms with Crippen LogP contribution in [0.25, 0.3) is 0 Å². The van der Waals surface area contributed by atoms with Crippen LogP contribution >= 0.6 is 0 Å². The second-order valence-electron chi connectivity index (χ2n) is 21.3. The molecule has 0 fully saturated rings. The third-order valence-electron chi connectivity index (χ3n) is 13.8. The minimum absolute atomic E-state index is 0.0828. The molecular formula is C70H120O6. The van der Waals surface area contributed by atoms with Crippen molar-refractivity contribution >= 4 is 17.9 Å². The van der Waals surface area contributed by atoms with Crippen LogP contribution in [0.4, 0.5) is 0 Å². The van der Waals surface area contributed by atoms with Crippen molar-refractivity contribution in [3.63, 3.8) is 0 Å². The van der Waals surface area contributed by atoms with Crippen molar-refractivity contribution in [1.29, 1.82) is 0 Å². The van der Waals surface area contributed by atoms with Gasteiger partial charge in [-0.1, -0.05) is 266 Å². The summed E-state index contributed by atoms with van der Waals surface area (Å²) in [6, 6.07) is 0. The number of unbranched alkanes of at least 4 members (excludes halogenated alkanes) is 31. The lowest BCUT2D eigenvalue weighted by Crippen LogP contribution is -2.30. The van der Waals surface area contributed by atoms with Gasteiger partial charge in [-0.25, -0.2) is 0 Å². The maximum atomic E-state index is 12.9. The van der Waals surface area contributed by atoms with E-state index in [1.165, 1.54) is 167 Å². The quantitative estimate of drug-likeness (QED) is 0.0261. The Morgan fingerprint density at radius 1 is 0.276 bits per heavy atom. The first kappa shape index (κ1) is 72.3. The molecule has 0 amide bonds. The molecule has 0 aromatic heterocycles. The molecule has 0 heterocycles. The second-order valence-corrected chi connectivity index (χ2v) is 21.3. The molecule has 0 spiro atoms. The summed E-state index contributed by atoms with van der Waals surface area (Å²) < 4.78 is 16.9. The molecule has 0 aromatic carbocycles. The van der Waals surface area contributed by atoms with Crippen molar-refractivity contribution in [1.82, 2.24) is 0 Å². The van der Waals surface area contributed by atoms with Gasteiger partial charge in [0.05, 0.1) is 0 Å². The second kappa shape index (κ2) is 63.9. The van der Waals surface area contributed by atoms with Crippen molar-refractivity contribution in [2.24, 2.45) is 0 Å². The van der Waals surface area contributed by atoms with Gasteiger partial charge in [-0.05, 0) is 122 Å². The molecule has 1 unspecified atom stereocenters. The number of rotatable bonds is 58. The zero-order valence-corrected chi connectivity index (χ0v) is 50.0. The van der Waals surface area contributed by atoms with Gasteiger partial charge in [0.2, 0.25) is 0 Å². The molecule has 436 valence electrons. The highest BCUT2D eigenvalue weighted by molar-refractivity contribution is 5.71. The zero-order chi connectivity index (χ0) is 55.0. The smallest absolute Gasteiger partial charge is 0.306 e. The van der Waals surface area contributed by atoms with Crippen LogP contribution in [0.3, 0.4) is 0 Å². The summed E-state index contributed by atoms with van der Waals surface area (Å²) in [5.41, 5.74) is 0. The molecule has 0 rings (SSSR count). The van der Waals surface area contributed by atoms with E-state index in [0.717, 1.165) is 103 Å². The normalized spacial score (nSPS) is 12.7. The first-order chi connectivity index (χ1) is 37.5. The van der Waals surface area contributed by atoms with E-state index < -0.39 is 6.10 Å². The van der Waals surface area contributed by atoms with Crippen molar-refractivity contribution in [3.8, 4) is 0 Å². The molecule has 76 heavy (non-hydrogen) atoms. The van der Waals surface area contributed by atoms with Gasteiger partial charge in [0, 0.05) is 19.3 Å². The monoisotopic (exact) mass is 1060 g/mol. The highest BCUT2D eigenvalue weighted by Crippen LogP contribution is 2.16. The molecule has 0 saturated carbocycles. The number of esters is 3. The van der Waals surface area contributed by atoms with Crippen LogP contribution < -0.4 is 0 Å². The summed E-state index contributed by atoms with van der Waals surface area (Å²) in [4.78, 5) is 38.3. The van der Waals surface area contributed by atoms with E-state index in [1.807, 2.05) is 0 Å². The Morgan fingerprint density at radius 2 is 0.513 bits per heavy atom. The standard InChI is InChI=1S/C70H120O6/c1-4-7-10-13-16-19-22-25-27-29-30-31-32-33-34-35-36-37-38-39-40-42-43-45-48-51-54-57-60-63-69(72)75-66-67(65-74-68(71)62-59-56-53-50-47-24-21-18-15-12-9-6-3)76-70(73)64-61-58-55-52-49-46-44-41-28-26-23-20-17-14-11-8-5-2/h7,10,16,18-19,21,25-28,30-31,33-34,36-37,67H,4-6,8-9,11-15,17,20,22-24,29,32,35,38-66H2,1-3H3/b10-7-,19-16-,21-18-,27-25-,28-26-,31-30-,34-33-,37-36-. The SMILES string of the molecule is CC/C=C\C/C=C\C/C=C\C/C=C\C/C=C\C/C=C\CCCCCCCCCCCCC(=O)OCC(COC(=O)CCCCCCC/C=C\CCCCC)OC(=O)CCCCCCCCC/C=C\CCCCCCCC. The first-order valence-corrected chi connectivity index (χ1v) is 32.2. The fourth-order valence-electron chi connectivity index (χ4n) is 8.97. The summed E-state index contributed by atoms with van der Waals surface area (Å²) in [5, 5.41) is 0. The number of hydrogen-bond donors (Lipinski definition) is 0. The molecule has 0 aliphatic heterocycles. The molecule has 0 aliphatic carbocycles. The fraction of sp³-hybridized carbons (Fsp3) is 0.729. The number of carbonyl (C=O) groups is 3. The van der Waals surface area contributed by atoms with Gasteiger partial charge in [0.25, 0.3) is 0 Å². The topological polar surface area (TPSA) is 78.9 Å². The van der Waals surface area contributed by atoms with Crippen molar-refractivity contribution in [2.75, 3.05) is 13.2 Å². The lowest BCUT2D eigenvalue weighted by molar-refractivity contribution is -0.167. The van der Waals surface area contributed by atoms with E-state index in [1.54, 1.807) is 0 Å². The highest BCUT2D eigenvalue weighted by Gasteiger charge is 2.19. The minimum atomic E-state index is -0.785. The van der Waals surface area contributed by atoms with Gasteiger partial charge in [-0.2, -0.15) is 0 Å². The van der Waals surface area contributed by atoms with Crippen LogP contribution in [-0.2, 0) is 28.6 Å². The van der Waals surface area contributed by atoms with E-state index in [-0.39, 0.29) is 31.1 Å². The summed E-state index contributed by atoms with van der Waals surface area (Å²) in [7, 11) is 0. The number of carbonyl (C=O) groups excluding carboxylic acids is 3. The molecule has 0 aromatic rings. The molecule has 0 bridgehead atoms. The summed E-state index contributed by atoms with van der Waals surface area (Å²) in [6.07, 6.45) is 85.6. The van der Waals surface area contributed by atoms with Gasteiger partial charge in [0.15, 0.2) is 6.10 Å². The molecule has 0 N–H and O–H groups in total. The first-order valence-electron chi connectivity index (χ1n) is 32.2.